The predicted molar refractivity (Wildman–Crippen MR) is 165 cm³/mol. The molecule has 1 aromatic heterocycles. The summed E-state index contributed by atoms with van der Waals surface area (Å²) in [4.78, 5) is 31.4. The van der Waals surface area contributed by atoms with E-state index in [1.54, 1.807) is 36.7 Å². The smallest absolute Gasteiger partial charge is 0.340 e. The van der Waals surface area contributed by atoms with Crippen LogP contribution in [0.5, 0.6) is 5.75 Å². The topological polar surface area (TPSA) is 77.5 Å². The highest BCUT2D eigenvalue weighted by Gasteiger charge is 2.23. The zero-order valence-corrected chi connectivity index (χ0v) is 23.8. The second-order valence-electron chi connectivity index (χ2n) is 10.8. The van der Waals surface area contributed by atoms with Crippen LogP contribution in [0.15, 0.2) is 122 Å². The molecular weight excluding hydrogens is 524 g/mol. The molecule has 0 aliphatic heterocycles. The number of rotatable bonds is 8. The minimum atomic E-state index is -0.701. The molecule has 5 rings (SSSR count). The van der Waals surface area contributed by atoms with Crippen molar-refractivity contribution in [2.45, 2.75) is 33.0 Å². The van der Waals surface area contributed by atoms with Gasteiger partial charge in [0.2, 0.25) is 0 Å². The van der Waals surface area contributed by atoms with Crippen molar-refractivity contribution in [1.29, 1.82) is 0 Å². The fraction of sp³-hybridized carbons (Fsp3) is 0.139. The van der Waals surface area contributed by atoms with Crippen LogP contribution < -0.4 is 10.1 Å². The summed E-state index contributed by atoms with van der Waals surface area (Å²) >= 11 is 0. The van der Waals surface area contributed by atoms with Crippen molar-refractivity contribution in [1.82, 2.24) is 4.98 Å². The summed E-state index contributed by atoms with van der Waals surface area (Å²) < 4.78 is 11.8. The molecule has 4 aromatic carbocycles. The number of pyridine rings is 1. The Bertz CT molecular complexity index is 1680. The van der Waals surface area contributed by atoms with E-state index >= 15 is 0 Å². The Balaban J connectivity index is 1.53. The molecule has 0 fully saturated rings. The lowest BCUT2D eigenvalue weighted by atomic mass is 10.0. The molecule has 1 amide bonds. The molecule has 210 valence electrons. The molecule has 1 heterocycles. The number of hydrogen-bond donors (Lipinski definition) is 1. The van der Waals surface area contributed by atoms with Crippen molar-refractivity contribution in [2.75, 3.05) is 5.32 Å². The van der Waals surface area contributed by atoms with Gasteiger partial charge >= 0.3 is 5.97 Å². The third-order valence-electron chi connectivity index (χ3n) is 6.45. The minimum Gasteiger partial charge on any atom is -0.488 e. The Labute approximate surface area is 246 Å². The van der Waals surface area contributed by atoms with Crippen LogP contribution in [0.4, 0.5) is 5.69 Å². The van der Waals surface area contributed by atoms with Crippen LogP contribution in [0.1, 0.15) is 47.1 Å². The van der Waals surface area contributed by atoms with E-state index in [9.17, 15) is 9.59 Å². The maximum absolute atomic E-state index is 14.0. The average molecular weight is 557 g/mol. The monoisotopic (exact) mass is 556 g/mol. The number of carbonyl (C=O) groups excluding carboxylic acids is 2. The van der Waals surface area contributed by atoms with Gasteiger partial charge < -0.3 is 14.8 Å². The SMILES string of the molecule is CC(C)(C)OC(=O)c1ccc(-c2ccccc2)cc1NC(=O)c1cc(-c2cccnc2)ccc1OCc1ccccc1. The highest BCUT2D eigenvalue weighted by atomic mass is 16.6. The van der Waals surface area contributed by atoms with Gasteiger partial charge in [0, 0.05) is 18.0 Å². The fourth-order valence-electron chi connectivity index (χ4n) is 4.44. The van der Waals surface area contributed by atoms with Crippen molar-refractivity contribution < 1.29 is 19.1 Å². The summed E-state index contributed by atoms with van der Waals surface area (Å²) in [6.45, 7) is 5.71. The van der Waals surface area contributed by atoms with Crippen LogP contribution >= 0.6 is 0 Å². The fourth-order valence-corrected chi connectivity index (χ4v) is 4.44. The highest BCUT2D eigenvalue weighted by molar-refractivity contribution is 6.10. The molecule has 0 atom stereocenters. The lowest BCUT2D eigenvalue weighted by Crippen LogP contribution is -2.25. The zero-order chi connectivity index (χ0) is 29.5. The Morgan fingerprint density at radius 1 is 0.714 bits per heavy atom. The van der Waals surface area contributed by atoms with E-state index in [-0.39, 0.29) is 5.56 Å². The van der Waals surface area contributed by atoms with Gasteiger partial charge in [0.15, 0.2) is 0 Å². The van der Waals surface area contributed by atoms with E-state index in [1.807, 2.05) is 106 Å². The molecule has 6 heteroatoms. The van der Waals surface area contributed by atoms with Gasteiger partial charge in [-0.15, -0.1) is 0 Å². The maximum atomic E-state index is 14.0. The first-order valence-corrected chi connectivity index (χ1v) is 13.7. The number of aromatic nitrogens is 1. The first kappa shape index (κ1) is 28.3. The number of amides is 1. The van der Waals surface area contributed by atoms with E-state index < -0.39 is 17.5 Å². The van der Waals surface area contributed by atoms with Crippen LogP contribution in [0, 0.1) is 0 Å². The van der Waals surface area contributed by atoms with Gasteiger partial charge in [0.25, 0.3) is 5.91 Å². The number of anilines is 1. The van der Waals surface area contributed by atoms with E-state index in [0.29, 0.717) is 23.6 Å². The van der Waals surface area contributed by atoms with E-state index in [4.69, 9.17) is 9.47 Å². The maximum Gasteiger partial charge on any atom is 0.340 e. The van der Waals surface area contributed by atoms with Gasteiger partial charge in [-0.05, 0) is 73.4 Å². The number of ether oxygens (including phenoxy) is 2. The van der Waals surface area contributed by atoms with E-state index in [2.05, 4.69) is 10.3 Å². The molecule has 6 nitrogen and oxygen atoms in total. The minimum absolute atomic E-state index is 0.258. The first-order valence-electron chi connectivity index (χ1n) is 13.7. The quantitative estimate of drug-likeness (QED) is 0.195. The van der Waals surface area contributed by atoms with Gasteiger partial charge in [0.1, 0.15) is 18.0 Å². The van der Waals surface area contributed by atoms with E-state index in [1.165, 1.54) is 0 Å². The third-order valence-corrected chi connectivity index (χ3v) is 6.45. The van der Waals surface area contributed by atoms with Crippen molar-refractivity contribution in [3.05, 3.63) is 138 Å². The van der Waals surface area contributed by atoms with Crippen molar-refractivity contribution in [2.24, 2.45) is 0 Å². The number of nitrogens with one attached hydrogen (secondary N) is 1. The van der Waals surface area contributed by atoms with Crippen molar-refractivity contribution in [3.8, 4) is 28.0 Å². The van der Waals surface area contributed by atoms with Gasteiger partial charge in [0.05, 0.1) is 16.8 Å². The van der Waals surface area contributed by atoms with Crippen molar-refractivity contribution in [3.63, 3.8) is 0 Å². The van der Waals surface area contributed by atoms with Crippen molar-refractivity contribution >= 4 is 17.6 Å². The largest absolute Gasteiger partial charge is 0.488 e. The van der Waals surface area contributed by atoms with Gasteiger partial charge in [-0.3, -0.25) is 9.78 Å². The Hall–Kier alpha value is -5.23. The summed E-state index contributed by atoms with van der Waals surface area (Å²) in [6.07, 6.45) is 3.44. The van der Waals surface area contributed by atoms with Gasteiger partial charge in [-0.2, -0.15) is 0 Å². The van der Waals surface area contributed by atoms with Crippen LogP contribution in [0.3, 0.4) is 0 Å². The Morgan fingerprint density at radius 2 is 1.38 bits per heavy atom. The molecular formula is C36H32N2O4. The molecule has 5 aromatic rings. The van der Waals surface area contributed by atoms with Gasteiger partial charge in [-0.1, -0.05) is 78.9 Å². The van der Waals surface area contributed by atoms with Crippen LogP contribution in [0.25, 0.3) is 22.3 Å². The summed E-state index contributed by atoms with van der Waals surface area (Å²) in [5, 5.41) is 2.99. The zero-order valence-electron chi connectivity index (χ0n) is 23.8. The standard InChI is InChI=1S/C36H32N2O4/c1-36(2,3)42-35(40)30-18-16-28(26-13-8-5-9-14-26)22-32(30)38-34(39)31-21-27(29-15-10-20-37-23-29)17-19-33(31)41-24-25-11-6-4-7-12-25/h4-23H,24H2,1-3H3,(H,38,39). The molecule has 0 saturated carbocycles. The number of hydrogen-bond acceptors (Lipinski definition) is 5. The summed E-state index contributed by atoms with van der Waals surface area (Å²) in [5.74, 6) is -0.525. The second-order valence-corrected chi connectivity index (χ2v) is 10.8. The molecule has 0 bridgehead atoms. The predicted octanol–water partition coefficient (Wildman–Crippen LogP) is 8.20. The highest BCUT2D eigenvalue weighted by Crippen LogP contribution is 2.31. The second kappa shape index (κ2) is 12.5. The molecule has 0 saturated heterocycles. The lowest BCUT2D eigenvalue weighted by Gasteiger charge is -2.21. The van der Waals surface area contributed by atoms with E-state index in [0.717, 1.165) is 27.8 Å². The summed E-state index contributed by atoms with van der Waals surface area (Å²) in [5.41, 5.74) is 4.68. The molecule has 0 aliphatic carbocycles. The Morgan fingerprint density at radius 3 is 2.07 bits per heavy atom. The molecule has 0 aliphatic rings. The van der Waals surface area contributed by atoms with Crippen LogP contribution in [-0.2, 0) is 11.3 Å². The average Bonchev–Trinajstić information content (AvgIpc) is 3.00. The lowest BCUT2D eigenvalue weighted by molar-refractivity contribution is 0.00707. The number of benzene rings is 4. The molecule has 42 heavy (non-hydrogen) atoms. The molecule has 1 N–H and O–H groups in total. The summed E-state index contributed by atoms with van der Waals surface area (Å²) in [6, 6.07) is 34.1. The number of esters is 1. The molecule has 0 unspecified atom stereocenters. The number of carbonyl (C=O) groups is 2. The third kappa shape index (κ3) is 7.09. The molecule has 0 radical (unpaired) electrons. The summed E-state index contributed by atoms with van der Waals surface area (Å²) in [7, 11) is 0. The van der Waals surface area contributed by atoms with Crippen LogP contribution in [0.2, 0.25) is 0 Å². The van der Waals surface area contributed by atoms with Crippen LogP contribution in [-0.4, -0.2) is 22.5 Å². The normalized spacial score (nSPS) is 11.0. The first-order chi connectivity index (χ1) is 20.3. The number of nitrogens with zero attached hydrogens (tertiary/aromatic N) is 1. The molecule has 0 spiro atoms. The van der Waals surface area contributed by atoms with Gasteiger partial charge in [-0.25, -0.2) is 4.79 Å². The Kier molecular flexibility index (Phi) is 8.44.